The molecule has 0 aliphatic carbocycles. The number of benzene rings is 4. The van der Waals surface area contributed by atoms with E-state index in [-0.39, 0.29) is 23.8 Å². The monoisotopic (exact) mass is 488 g/mol. The van der Waals surface area contributed by atoms with Gasteiger partial charge in [0.2, 0.25) is 6.79 Å². The molecule has 37 heavy (non-hydrogen) atoms. The van der Waals surface area contributed by atoms with E-state index < -0.39 is 5.41 Å². The van der Waals surface area contributed by atoms with E-state index in [1.54, 1.807) is 0 Å². The molecule has 0 saturated carbocycles. The average molecular weight is 489 g/mol. The summed E-state index contributed by atoms with van der Waals surface area (Å²) < 4.78 is 17.7. The highest BCUT2D eigenvalue weighted by Crippen LogP contribution is 2.58. The molecule has 3 aliphatic rings. The van der Waals surface area contributed by atoms with Gasteiger partial charge in [0, 0.05) is 28.3 Å². The summed E-state index contributed by atoms with van der Waals surface area (Å²) in [6.07, 6.45) is 0. The fourth-order valence-electron chi connectivity index (χ4n) is 6.15. The topological polar surface area (TPSA) is 44.8 Å². The van der Waals surface area contributed by atoms with Crippen LogP contribution in [0.3, 0.4) is 0 Å². The molecule has 182 valence electrons. The van der Waals surface area contributed by atoms with Crippen LogP contribution >= 0.6 is 0 Å². The van der Waals surface area contributed by atoms with Crippen LogP contribution < -0.4 is 18.7 Å². The Morgan fingerprint density at radius 1 is 0.784 bits per heavy atom. The number of nitrogens with zero attached hydrogens (tertiary/aromatic N) is 1. The molecule has 1 amide bonds. The first-order valence-corrected chi connectivity index (χ1v) is 12.5. The summed E-state index contributed by atoms with van der Waals surface area (Å²) in [4.78, 5) is 15.1. The molecule has 2 radical (unpaired) electrons. The molecule has 0 aromatic heterocycles. The van der Waals surface area contributed by atoms with Gasteiger partial charge in [0.15, 0.2) is 16.9 Å². The van der Waals surface area contributed by atoms with Gasteiger partial charge in [-0.25, -0.2) is 9.28 Å². The van der Waals surface area contributed by atoms with Gasteiger partial charge in [0.25, 0.3) is 0 Å². The molecule has 3 aliphatic heterocycles. The third-order valence-corrected chi connectivity index (χ3v) is 7.96. The second-order valence-electron chi connectivity index (χ2n) is 10.2. The summed E-state index contributed by atoms with van der Waals surface area (Å²) in [5.74, 6) is 2.08. The number of rotatable bonds is 4. The summed E-state index contributed by atoms with van der Waals surface area (Å²) in [6.45, 7) is 9.51. The zero-order valence-corrected chi connectivity index (χ0v) is 20.6. The molecular formula is C32H26NO4+. The second kappa shape index (κ2) is 7.95. The van der Waals surface area contributed by atoms with Crippen LogP contribution in [-0.2, 0) is 23.3 Å². The molecule has 0 bridgehead atoms. The number of amides is 1. The second-order valence-corrected chi connectivity index (χ2v) is 10.2. The SMILES string of the molecule is [CH]c1ccc(C[N+]2(Cc3ccc(C)cc3)C(=O)C3(COc4cc5c(cc43)OCO5)c3ccccc32)cc1. The van der Waals surface area contributed by atoms with E-state index >= 15 is 4.79 Å². The van der Waals surface area contributed by atoms with Crippen molar-refractivity contribution in [3.63, 3.8) is 0 Å². The maximum absolute atomic E-state index is 15.1. The van der Waals surface area contributed by atoms with E-state index in [0.29, 0.717) is 35.9 Å². The van der Waals surface area contributed by atoms with Crippen LogP contribution in [0.25, 0.3) is 0 Å². The first-order chi connectivity index (χ1) is 18.0. The predicted octanol–water partition coefficient (Wildman–Crippen LogP) is 5.71. The number of para-hydroxylation sites is 1. The Bertz CT molecular complexity index is 1490. The molecule has 4 aromatic rings. The Balaban J connectivity index is 1.45. The van der Waals surface area contributed by atoms with Crippen molar-refractivity contribution in [3.8, 4) is 17.2 Å². The van der Waals surface area contributed by atoms with Crippen molar-refractivity contribution in [2.24, 2.45) is 0 Å². The van der Waals surface area contributed by atoms with Crippen LogP contribution in [0.1, 0.15) is 33.4 Å². The van der Waals surface area contributed by atoms with Crippen molar-refractivity contribution in [3.05, 3.63) is 125 Å². The lowest BCUT2D eigenvalue weighted by molar-refractivity contribution is -0.134. The highest BCUT2D eigenvalue weighted by atomic mass is 16.7. The molecule has 0 N–H and O–H groups in total. The lowest BCUT2D eigenvalue weighted by Gasteiger charge is -2.34. The first-order valence-electron chi connectivity index (χ1n) is 12.5. The van der Waals surface area contributed by atoms with Crippen LogP contribution in [0.4, 0.5) is 5.69 Å². The lowest BCUT2D eigenvalue weighted by atomic mass is 9.77. The van der Waals surface area contributed by atoms with E-state index in [2.05, 4.69) is 43.3 Å². The molecular weight excluding hydrogens is 462 g/mol. The van der Waals surface area contributed by atoms with Gasteiger partial charge in [-0.3, -0.25) is 0 Å². The molecule has 0 fully saturated rings. The molecule has 2 atom stereocenters. The Kier molecular flexibility index (Phi) is 4.76. The Hall–Kier alpha value is -4.09. The van der Waals surface area contributed by atoms with Crippen LogP contribution in [-0.4, -0.2) is 19.3 Å². The van der Waals surface area contributed by atoms with Crippen molar-refractivity contribution in [1.82, 2.24) is 4.48 Å². The number of ether oxygens (including phenoxy) is 3. The number of hydrogen-bond acceptors (Lipinski definition) is 4. The van der Waals surface area contributed by atoms with E-state index in [1.807, 2.05) is 48.5 Å². The number of fused-ring (bicyclic) bond motifs is 5. The average Bonchev–Trinajstić information content (AvgIpc) is 3.58. The van der Waals surface area contributed by atoms with Crippen LogP contribution in [0.5, 0.6) is 17.2 Å². The van der Waals surface area contributed by atoms with Crippen molar-refractivity contribution in [2.75, 3.05) is 13.4 Å². The Morgan fingerprint density at radius 3 is 2.16 bits per heavy atom. The van der Waals surface area contributed by atoms with Crippen molar-refractivity contribution in [1.29, 1.82) is 0 Å². The summed E-state index contributed by atoms with van der Waals surface area (Å²) in [7, 11) is 0. The minimum absolute atomic E-state index is 0.101. The lowest BCUT2D eigenvalue weighted by Crippen LogP contribution is -2.56. The maximum atomic E-state index is 15.1. The van der Waals surface area contributed by atoms with Gasteiger partial charge in [-0.05, 0) is 31.5 Å². The summed E-state index contributed by atoms with van der Waals surface area (Å²) in [5.41, 5.74) is 5.93. The third-order valence-electron chi connectivity index (χ3n) is 7.96. The molecule has 5 heteroatoms. The fraction of sp³-hybridized carbons (Fsp3) is 0.188. The highest BCUT2D eigenvalue weighted by Gasteiger charge is 2.66. The zero-order valence-electron chi connectivity index (χ0n) is 20.6. The summed E-state index contributed by atoms with van der Waals surface area (Å²) in [6, 6.07) is 28.3. The molecule has 7 rings (SSSR count). The fourth-order valence-corrected chi connectivity index (χ4v) is 6.15. The van der Waals surface area contributed by atoms with Crippen molar-refractivity contribution in [2.45, 2.75) is 25.4 Å². The largest absolute Gasteiger partial charge is 0.491 e. The number of hydrogen-bond donors (Lipinski definition) is 0. The normalized spacial score (nSPS) is 20.1. The van der Waals surface area contributed by atoms with Crippen LogP contribution in [0.15, 0.2) is 84.9 Å². The van der Waals surface area contributed by atoms with E-state index in [0.717, 1.165) is 27.9 Å². The number of carbonyl (C=O) groups excluding carboxylic acids is 1. The van der Waals surface area contributed by atoms with Crippen LogP contribution in [0, 0.1) is 13.8 Å². The molecule has 4 aromatic carbocycles. The van der Waals surface area contributed by atoms with Gasteiger partial charge in [0.1, 0.15) is 31.1 Å². The maximum Gasteiger partial charge on any atom is 0.338 e. The van der Waals surface area contributed by atoms with Gasteiger partial charge < -0.3 is 14.2 Å². The predicted molar refractivity (Wildman–Crippen MR) is 141 cm³/mol. The van der Waals surface area contributed by atoms with Gasteiger partial charge in [-0.1, -0.05) is 72.3 Å². The molecule has 5 nitrogen and oxygen atoms in total. The summed E-state index contributed by atoms with van der Waals surface area (Å²) in [5, 5.41) is 0. The number of aryl methyl sites for hydroxylation is 1. The Labute approximate surface area is 216 Å². The minimum Gasteiger partial charge on any atom is -0.491 e. The van der Waals surface area contributed by atoms with Crippen molar-refractivity contribution < 1.29 is 19.0 Å². The first kappa shape index (κ1) is 22.1. The van der Waals surface area contributed by atoms with E-state index in [4.69, 9.17) is 21.1 Å². The highest BCUT2D eigenvalue weighted by molar-refractivity contribution is 6.08. The molecule has 0 saturated heterocycles. The summed E-state index contributed by atoms with van der Waals surface area (Å²) >= 11 is 0. The van der Waals surface area contributed by atoms with Crippen molar-refractivity contribution >= 4 is 11.6 Å². The minimum atomic E-state index is -0.939. The standard InChI is InChI=1S/C32H26NO4/c1-21-7-11-23(12-8-21)17-33(18-24-13-9-22(2)10-14-24)27-6-4-3-5-25(27)32(31(33)34)19-35-28-16-30-29(15-26(28)32)36-20-37-30/h1,3-16H,17-20H2,2H3/q+1. The smallest absolute Gasteiger partial charge is 0.338 e. The van der Waals surface area contributed by atoms with Gasteiger partial charge in [0.05, 0.1) is 0 Å². The number of quaternary nitrogens is 1. The van der Waals surface area contributed by atoms with Gasteiger partial charge in [-0.15, -0.1) is 0 Å². The van der Waals surface area contributed by atoms with E-state index in [1.165, 1.54) is 5.56 Å². The molecule has 2 unspecified atom stereocenters. The van der Waals surface area contributed by atoms with Gasteiger partial charge in [-0.2, -0.15) is 0 Å². The quantitative estimate of drug-likeness (QED) is 0.345. The van der Waals surface area contributed by atoms with Crippen LogP contribution in [0.2, 0.25) is 0 Å². The Morgan fingerprint density at radius 2 is 1.43 bits per heavy atom. The van der Waals surface area contributed by atoms with E-state index in [9.17, 15) is 0 Å². The third kappa shape index (κ3) is 3.17. The van der Waals surface area contributed by atoms with Gasteiger partial charge >= 0.3 is 5.91 Å². The number of carbonyl (C=O) groups is 1. The molecule has 1 spiro atoms. The molecule has 3 heterocycles. The zero-order chi connectivity index (χ0) is 25.2.